The van der Waals surface area contributed by atoms with Crippen LogP contribution in [0.5, 0.6) is 0 Å². The molecule has 22 heavy (non-hydrogen) atoms. The SMILES string of the molecule is CC(=O)OC(c1ccccc1)C(C)[N+](C)(C)C.CS(=O)(=O)[O-]. The van der Waals surface area contributed by atoms with Gasteiger partial charge in [-0.15, -0.1) is 0 Å². The molecule has 0 saturated heterocycles. The quantitative estimate of drug-likeness (QED) is 0.475. The Balaban J connectivity index is 0.000000763. The molecule has 1 aromatic carbocycles. The Labute approximate surface area is 133 Å². The van der Waals surface area contributed by atoms with E-state index in [1.807, 2.05) is 30.3 Å². The summed E-state index contributed by atoms with van der Waals surface area (Å²) < 4.78 is 33.4. The van der Waals surface area contributed by atoms with Gasteiger partial charge in [0.25, 0.3) is 0 Å². The number of hydrogen-bond acceptors (Lipinski definition) is 5. The van der Waals surface area contributed by atoms with Gasteiger partial charge in [-0.1, -0.05) is 30.3 Å². The highest BCUT2D eigenvalue weighted by atomic mass is 32.2. The van der Waals surface area contributed by atoms with Crippen LogP contribution in [0.2, 0.25) is 0 Å². The van der Waals surface area contributed by atoms with Crippen LogP contribution >= 0.6 is 0 Å². The first-order chi connectivity index (χ1) is 9.82. The van der Waals surface area contributed by atoms with Gasteiger partial charge in [0, 0.05) is 13.2 Å². The molecule has 0 amide bonds. The zero-order chi connectivity index (χ0) is 17.6. The van der Waals surface area contributed by atoms with Crippen molar-refractivity contribution in [3.05, 3.63) is 35.9 Å². The van der Waals surface area contributed by atoms with Gasteiger partial charge in [0.05, 0.1) is 31.3 Å². The number of esters is 1. The highest BCUT2D eigenvalue weighted by molar-refractivity contribution is 7.84. The molecule has 0 aliphatic rings. The Morgan fingerprint density at radius 1 is 1.18 bits per heavy atom. The van der Waals surface area contributed by atoms with Crippen molar-refractivity contribution < 1.29 is 27.0 Å². The van der Waals surface area contributed by atoms with Gasteiger partial charge in [-0.3, -0.25) is 4.79 Å². The van der Waals surface area contributed by atoms with Gasteiger partial charge in [0.2, 0.25) is 0 Å². The third-order valence-electron chi connectivity index (χ3n) is 3.08. The lowest BCUT2D eigenvalue weighted by atomic mass is 10.0. The number of carbonyl (C=O) groups is 1. The third kappa shape index (κ3) is 9.49. The summed E-state index contributed by atoms with van der Waals surface area (Å²) >= 11 is 0. The molecule has 2 unspecified atom stereocenters. The molecular weight excluding hydrogens is 306 g/mol. The van der Waals surface area contributed by atoms with E-state index >= 15 is 0 Å². The minimum Gasteiger partial charge on any atom is -0.748 e. The van der Waals surface area contributed by atoms with Crippen LogP contribution in [0, 0.1) is 0 Å². The standard InChI is InChI=1S/C14H22NO2.CH4O3S/c1-11(15(3,4)5)14(17-12(2)16)13-9-7-6-8-10-13;1-5(2,3)4/h6-11,14H,1-5H3;1H3,(H,2,3,4)/q+1;/p-1. The van der Waals surface area contributed by atoms with Crippen molar-refractivity contribution in [1.29, 1.82) is 0 Å². The monoisotopic (exact) mass is 331 g/mol. The third-order valence-corrected chi connectivity index (χ3v) is 3.08. The summed E-state index contributed by atoms with van der Waals surface area (Å²) in [5.74, 6) is -0.237. The Kier molecular flexibility index (Phi) is 7.72. The van der Waals surface area contributed by atoms with Gasteiger partial charge in [-0.2, -0.15) is 0 Å². The Morgan fingerprint density at radius 3 is 1.91 bits per heavy atom. The fraction of sp³-hybridized carbons (Fsp3) is 0.533. The molecule has 1 rings (SSSR count). The van der Waals surface area contributed by atoms with Crippen LogP contribution in [0.25, 0.3) is 0 Å². The van der Waals surface area contributed by atoms with Gasteiger partial charge < -0.3 is 13.8 Å². The number of hydrogen-bond donors (Lipinski definition) is 0. The zero-order valence-corrected chi connectivity index (χ0v) is 14.8. The molecule has 0 fully saturated rings. The van der Waals surface area contributed by atoms with Crippen molar-refractivity contribution in [2.24, 2.45) is 0 Å². The second kappa shape index (κ2) is 8.26. The molecule has 0 heterocycles. The van der Waals surface area contributed by atoms with E-state index in [9.17, 15) is 4.79 Å². The molecule has 0 bridgehead atoms. The normalized spacial score (nSPS) is 14.3. The topological polar surface area (TPSA) is 83.5 Å². The van der Waals surface area contributed by atoms with Crippen molar-refractivity contribution in [3.8, 4) is 0 Å². The fourth-order valence-electron chi connectivity index (χ4n) is 1.67. The van der Waals surface area contributed by atoms with Gasteiger partial charge in [-0.05, 0) is 12.5 Å². The van der Waals surface area contributed by atoms with E-state index in [0.29, 0.717) is 6.26 Å². The van der Waals surface area contributed by atoms with E-state index < -0.39 is 10.1 Å². The van der Waals surface area contributed by atoms with E-state index in [1.165, 1.54) is 6.92 Å². The number of rotatable bonds is 4. The maximum Gasteiger partial charge on any atom is 0.303 e. The lowest BCUT2D eigenvalue weighted by Crippen LogP contribution is -2.47. The molecule has 0 N–H and O–H groups in total. The van der Waals surface area contributed by atoms with Crippen LogP contribution in [-0.4, -0.2) is 56.9 Å². The number of quaternary nitrogens is 1. The van der Waals surface area contributed by atoms with Crippen LogP contribution in [-0.2, 0) is 19.6 Å². The molecule has 0 spiro atoms. The number of benzene rings is 1. The Bertz CT molecular complexity index is 555. The smallest absolute Gasteiger partial charge is 0.303 e. The summed E-state index contributed by atoms with van der Waals surface area (Å²) in [7, 11) is 2.39. The molecule has 0 aliphatic heterocycles. The minimum atomic E-state index is -3.92. The van der Waals surface area contributed by atoms with Gasteiger partial charge >= 0.3 is 5.97 Å². The number of nitrogens with zero attached hydrogens (tertiary/aromatic N) is 1. The van der Waals surface area contributed by atoms with Crippen molar-refractivity contribution in [2.75, 3.05) is 27.4 Å². The summed E-state index contributed by atoms with van der Waals surface area (Å²) in [6.45, 7) is 3.55. The molecule has 0 aliphatic carbocycles. The highest BCUT2D eigenvalue weighted by Gasteiger charge is 2.32. The first-order valence-electron chi connectivity index (χ1n) is 6.76. The lowest BCUT2D eigenvalue weighted by Gasteiger charge is -2.36. The average molecular weight is 331 g/mol. The molecule has 0 aromatic heterocycles. The van der Waals surface area contributed by atoms with Crippen LogP contribution in [0.3, 0.4) is 0 Å². The van der Waals surface area contributed by atoms with E-state index in [0.717, 1.165) is 10.0 Å². The molecule has 0 saturated carbocycles. The van der Waals surface area contributed by atoms with Gasteiger partial charge in [-0.25, -0.2) is 8.42 Å². The highest BCUT2D eigenvalue weighted by Crippen LogP contribution is 2.26. The van der Waals surface area contributed by atoms with Crippen molar-refractivity contribution in [2.45, 2.75) is 26.0 Å². The van der Waals surface area contributed by atoms with Crippen molar-refractivity contribution in [1.82, 2.24) is 0 Å². The predicted octanol–water partition coefficient (Wildman–Crippen LogP) is 1.55. The van der Waals surface area contributed by atoms with Gasteiger partial charge in [0.15, 0.2) is 6.10 Å². The minimum absolute atomic E-state index is 0.196. The largest absolute Gasteiger partial charge is 0.748 e. The van der Waals surface area contributed by atoms with E-state index in [2.05, 4.69) is 28.1 Å². The number of likely N-dealkylation sites (N-methyl/N-ethyl adjacent to an activating group) is 1. The molecule has 0 radical (unpaired) electrons. The molecule has 1 aromatic rings. The van der Waals surface area contributed by atoms with Crippen LogP contribution in [0.4, 0.5) is 0 Å². The summed E-state index contributed by atoms with van der Waals surface area (Å²) in [5, 5.41) is 0. The van der Waals surface area contributed by atoms with Crippen molar-refractivity contribution in [3.63, 3.8) is 0 Å². The van der Waals surface area contributed by atoms with Crippen LogP contribution in [0.1, 0.15) is 25.5 Å². The molecule has 126 valence electrons. The summed E-state index contributed by atoms with van der Waals surface area (Å²) in [6.07, 6.45) is 0.404. The molecule has 2 atom stereocenters. The maximum absolute atomic E-state index is 11.2. The lowest BCUT2D eigenvalue weighted by molar-refractivity contribution is -0.898. The Morgan fingerprint density at radius 2 is 1.59 bits per heavy atom. The summed E-state index contributed by atoms with van der Waals surface area (Å²) in [4.78, 5) is 11.2. The van der Waals surface area contributed by atoms with Gasteiger partial charge in [0.1, 0.15) is 6.04 Å². The predicted molar refractivity (Wildman–Crippen MR) is 84.1 cm³/mol. The summed E-state index contributed by atoms with van der Waals surface area (Å²) in [5.41, 5.74) is 1.04. The van der Waals surface area contributed by atoms with E-state index in [-0.39, 0.29) is 18.1 Å². The number of carbonyl (C=O) groups excluding carboxylic acids is 1. The molecular formula is C15H25NO5S. The van der Waals surface area contributed by atoms with Crippen molar-refractivity contribution >= 4 is 16.1 Å². The first kappa shape index (κ1) is 20.6. The maximum atomic E-state index is 11.2. The van der Waals surface area contributed by atoms with E-state index in [4.69, 9.17) is 17.7 Å². The zero-order valence-electron chi connectivity index (χ0n) is 13.9. The average Bonchev–Trinajstić information content (AvgIpc) is 2.33. The Hall–Kier alpha value is -1.44. The second-order valence-corrected chi connectivity index (χ2v) is 7.41. The molecule has 7 heteroatoms. The van der Waals surface area contributed by atoms with Crippen LogP contribution < -0.4 is 0 Å². The molecule has 6 nitrogen and oxygen atoms in total. The fourth-order valence-corrected chi connectivity index (χ4v) is 1.67. The second-order valence-electron chi connectivity index (χ2n) is 6.00. The summed E-state index contributed by atoms with van der Waals surface area (Å²) in [6, 6.07) is 10.1. The number of ether oxygens (including phenoxy) is 1. The first-order valence-corrected chi connectivity index (χ1v) is 8.58. The van der Waals surface area contributed by atoms with E-state index in [1.54, 1.807) is 0 Å². The van der Waals surface area contributed by atoms with Crippen LogP contribution in [0.15, 0.2) is 30.3 Å².